The summed E-state index contributed by atoms with van der Waals surface area (Å²) in [6.45, 7) is 7.27. The molecule has 0 radical (unpaired) electrons. The topological polar surface area (TPSA) is 64.0 Å². The van der Waals surface area contributed by atoms with Crippen molar-refractivity contribution in [3.8, 4) is 11.5 Å². The minimum Gasteiger partial charge on any atom is -0.504 e. The summed E-state index contributed by atoms with van der Waals surface area (Å²) < 4.78 is 0. The van der Waals surface area contributed by atoms with Crippen LogP contribution in [0.1, 0.15) is 16.7 Å². The van der Waals surface area contributed by atoms with Crippen LogP contribution in [-0.2, 0) is 11.2 Å². The third-order valence-corrected chi connectivity index (χ3v) is 4.94. The molecule has 3 rings (SSSR count). The number of amides is 1. The van der Waals surface area contributed by atoms with Gasteiger partial charge in [-0.2, -0.15) is 0 Å². The van der Waals surface area contributed by atoms with Gasteiger partial charge < -0.3 is 20.0 Å². The third kappa shape index (κ3) is 3.71. The first-order valence-electron chi connectivity index (χ1n) is 8.55. The van der Waals surface area contributed by atoms with E-state index in [4.69, 9.17) is 0 Å². The van der Waals surface area contributed by atoms with Crippen LogP contribution >= 0.6 is 0 Å². The second-order valence-corrected chi connectivity index (χ2v) is 6.59. The number of anilines is 1. The highest BCUT2D eigenvalue weighted by Gasteiger charge is 2.22. The predicted molar refractivity (Wildman–Crippen MR) is 98.2 cm³/mol. The average Bonchev–Trinajstić information content (AvgIpc) is 2.61. The number of hydrogen-bond acceptors (Lipinski definition) is 4. The summed E-state index contributed by atoms with van der Waals surface area (Å²) in [5.74, 6) is -0.311. The Morgan fingerprint density at radius 1 is 1.00 bits per heavy atom. The van der Waals surface area contributed by atoms with Crippen molar-refractivity contribution in [3.63, 3.8) is 0 Å². The van der Waals surface area contributed by atoms with Gasteiger partial charge in [-0.05, 0) is 48.7 Å². The minimum atomic E-state index is -0.190. The van der Waals surface area contributed by atoms with Gasteiger partial charge in [-0.1, -0.05) is 18.2 Å². The molecule has 132 valence electrons. The van der Waals surface area contributed by atoms with Crippen LogP contribution in [0, 0.1) is 13.8 Å². The molecule has 5 heteroatoms. The van der Waals surface area contributed by atoms with Crippen LogP contribution in [0.5, 0.6) is 11.5 Å². The molecular formula is C20H24N2O3. The summed E-state index contributed by atoms with van der Waals surface area (Å²) in [7, 11) is 0. The van der Waals surface area contributed by atoms with Gasteiger partial charge in [0.15, 0.2) is 11.5 Å². The Bertz CT molecular complexity index is 781. The molecule has 5 nitrogen and oxygen atoms in total. The van der Waals surface area contributed by atoms with Crippen LogP contribution in [-0.4, -0.2) is 47.2 Å². The van der Waals surface area contributed by atoms with E-state index in [1.165, 1.54) is 28.9 Å². The van der Waals surface area contributed by atoms with E-state index in [0.717, 1.165) is 13.1 Å². The van der Waals surface area contributed by atoms with Gasteiger partial charge in [0.05, 0.1) is 6.42 Å². The van der Waals surface area contributed by atoms with E-state index in [9.17, 15) is 15.0 Å². The molecule has 1 saturated heterocycles. The van der Waals surface area contributed by atoms with E-state index < -0.39 is 0 Å². The second kappa shape index (κ2) is 7.05. The van der Waals surface area contributed by atoms with Crippen molar-refractivity contribution in [2.45, 2.75) is 20.3 Å². The summed E-state index contributed by atoms with van der Waals surface area (Å²) in [5, 5.41) is 18.9. The van der Waals surface area contributed by atoms with Crippen molar-refractivity contribution in [3.05, 3.63) is 53.1 Å². The Kier molecular flexibility index (Phi) is 4.83. The lowest BCUT2D eigenvalue weighted by molar-refractivity contribution is -0.130. The fourth-order valence-corrected chi connectivity index (χ4v) is 3.24. The number of nitrogens with zero attached hydrogens (tertiary/aromatic N) is 2. The van der Waals surface area contributed by atoms with E-state index in [1.54, 1.807) is 6.07 Å². The number of phenolic OH excluding ortho intramolecular Hbond substituents is 2. The molecule has 1 heterocycles. The quantitative estimate of drug-likeness (QED) is 0.843. The number of aryl methyl sites for hydroxylation is 1. The molecule has 0 unspecified atom stereocenters. The molecule has 25 heavy (non-hydrogen) atoms. The Morgan fingerprint density at radius 3 is 2.40 bits per heavy atom. The van der Waals surface area contributed by atoms with Crippen LogP contribution in [0.15, 0.2) is 36.4 Å². The van der Waals surface area contributed by atoms with Gasteiger partial charge in [-0.3, -0.25) is 4.79 Å². The molecule has 1 aliphatic rings. The number of benzene rings is 2. The molecule has 1 aliphatic heterocycles. The smallest absolute Gasteiger partial charge is 0.227 e. The van der Waals surface area contributed by atoms with Gasteiger partial charge >= 0.3 is 0 Å². The summed E-state index contributed by atoms with van der Waals surface area (Å²) in [4.78, 5) is 16.7. The van der Waals surface area contributed by atoms with Crippen molar-refractivity contribution in [1.29, 1.82) is 0 Å². The maximum atomic E-state index is 12.5. The van der Waals surface area contributed by atoms with Crippen molar-refractivity contribution in [2.24, 2.45) is 0 Å². The Labute approximate surface area is 148 Å². The van der Waals surface area contributed by atoms with Crippen LogP contribution in [0.3, 0.4) is 0 Å². The van der Waals surface area contributed by atoms with Gasteiger partial charge in [0, 0.05) is 31.9 Å². The van der Waals surface area contributed by atoms with Crippen LogP contribution in [0.2, 0.25) is 0 Å². The van der Waals surface area contributed by atoms with E-state index >= 15 is 0 Å². The third-order valence-electron chi connectivity index (χ3n) is 4.94. The van der Waals surface area contributed by atoms with E-state index in [0.29, 0.717) is 18.7 Å². The number of aromatic hydroxyl groups is 2. The number of rotatable bonds is 3. The summed E-state index contributed by atoms with van der Waals surface area (Å²) in [5.41, 5.74) is 4.53. The largest absolute Gasteiger partial charge is 0.504 e. The second-order valence-electron chi connectivity index (χ2n) is 6.59. The maximum Gasteiger partial charge on any atom is 0.227 e. The lowest BCUT2D eigenvalue weighted by Gasteiger charge is -2.37. The zero-order valence-corrected chi connectivity index (χ0v) is 14.7. The van der Waals surface area contributed by atoms with E-state index in [2.05, 4.69) is 36.9 Å². The number of phenols is 2. The fourth-order valence-electron chi connectivity index (χ4n) is 3.24. The van der Waals surface area contributed by atoms with Gasteiger partial charge in [-0.15, -0.1) is 0 Å². The number of carbonyl (C=O) groups excluding carboxylic acids is 1. The Morgan fingerprint density at radius 2 is 1.72 bits per heavy atom. The van der Waals surface area contributed by atoms with Crippen LogP contribution in [0.25, 0.3) is 0 Å². The number of hydrogen-bond donors (Lipinski definition) is 2. The van der Waals surface area contributed by atoms with Crippen LogP contribution < -0.4 is 4.90 Å². The lowest BCUT2D eigenvalue weighted by Crippen LogP contribution is -2.49. The molecule has 1 amide bonds. The highest BCUT2D eigenvalue weighted by molar-refractivity contribution is 5.79. The zero-order valence-electron chi connectivity index (χ0n) is 14.7. The molecule has 0 atom stereocenters. The van der Waals surface area contributed by atoms with Crippen molar-refractivity contribution in [1.82, 2.24) is 4.90 Å². The maximum absolute atomic E-state index is 12.5. The summed E-state index contributed by atoms with van der Waals surface area (Å²) in [6, 6.07) is 10.9. The monoisotopic (exact) mass is 340 g/mol. The minimum absolute atomic E-state index is 0.0469. The molecule has 2 N–H and O–H groups in total. The molecule has 1 fully saturated rings. The van der Waals surface area contributed by atoms with E-state index in [-0.39, 0.29) is 23.8 Å². The van der Waals surface area contributed by atoms with Crippen molar-refractivity contribution < 1.29 is 15.0 Å². The predicted octanol–water partition coefficient (Wildman–Crippen LogP) is 2.61. The Balaban J connectivity index is 1.60. The summed E-state index contributed by atoms with van der Waals surface area (Å²) in [6.07, 6.45) is 0.233. The molecule has 0 bridgehead atoms. The highest BCUT2D eigenvalue weighted by atomic mass is 16.3. The van der Waals surface area contributed by atoms with E-state index in [1.807, 2.05) is 4.90 Å². The van der Waals surface area contributed by atoms with Crippen LogP contribution in [0.4, 0.5) is 5.69 Å². The first kappa shape index (κ1) is 17.1. The highest BCUT2D eigenvalue weighted by Crippen LogP contribution is 2.26. The standard InChI is InChI=1S/C20H24N2O3/c1-14-4-3-5-17(15(14)2)21-8-10-22(11-9-21)20(25)13-16-6-7-18(23)19(24)12-16/h3-7,12,23-24H,8-11,13H2,1-2H3. The molecule has 0 spiro atoms. The summed E-state index contributed by atoms with van der Waals surface area (Å²) >= 11 is 0. The molecular weight excluding hydrogens is 316 g/mol. The molecule has 0 aliphatic carbocycles. The normalized spacial score (nSPS) is 14.6. The Hall–Kier alpha value is -2.69. The first-order chi connectivity index (χ1) is 12.0. The number of piperazine rings is 1. The van der Waals surface area contributed by atoms with Gasteiger partial charge in [0.25, 0.3) is 0 Å². The van der Waals surface area contributed by atoms with Gasteiger partial charge in [0.1, 0.15) is 0 Å². The molecule has 2 aromatic rings. The molecule has 0 aromatic heterocycles. The molecule has 0 saturated carbocycles. The number of carbonyl (C=O) groups is 1. The van der Waals surface area contributed by atoms with Crippen molar-refractivity contribution in [2.75, 3.05) is 31.1 Å². The lowest BCUT2D eigenvalue weighted by atomic mass is 10.1. The molecule has 2 aromatic carbocycles. The van der Waals surface area contributed by atoms with Gasteiger partial charge in [-0.25, -0.2) is 0 Å². The van der Waals surface area contributed by atoms with Gasteiger partial charge in [0.2, 0.25) is 5.91 Å². The van der Waals surface area contributed by atoms with Crippen molar-refractivity contribution >= 4 is 11.6 Å². The fraction of sp³-hybridized carbons (Fsp3) is 0.350. The average molecular weight is 340 g/mol. The first-order valence-corrected chi connectivity index (χ1v) is 8.55. The SMILES string of the molecule is Cc1cccc(N2CCN(C(=O)Cc3ccc(O)c(O)c3)CC2)c1C. The zero-order chi connectivity index (χ0) is 18.0.